The standard InChI is InChI=1S/C20H18N4O5/c25-17(21-14-7-1-2-8-15(14)22-10-3-4-11-22)12-23-19(26)13-6-5-9-16(24(28)29)18(13)20(23)27/h1-2,5-9H,3-4,10-12H2,(H,21,25). The number of carbonyl (C=O) groups excluding carboxylic acids is 3. The molecule has 2 heterocycles. The van der Waals surface area contributed by atoms with Gasteiger partial charge in [0.1, 0.15) is 12.1 Å². The number of para-hydroxylation sites is 2. The second-order valence-corrected chi connectivity index (χ2v) is 6.91. The molecule has 0 spiro atoms. The molecule has 148 valence electrons. The molecule has 2 aromatic rings. The Morgan fingerprint density at radius 1 is 1.03 bits per heavy atom. The molecule has 1 saturated heterocycles. The van der Waals surface area contributed by atoms with Crippen molar-refractivity contribution in [3.05, 3.63) is 63.7 Å². The van der Waals surface area contributed by atoms with Crippen molar-refractivity contribution in [2.24, 2.45) is 0 Å². The number of amides is 3. The van der Waals surface area contributed by atoms with Gasteiger partial charge < -0.3 is 10.2 Å². The number of fused-ring (bicyclic) bond motifs is 1. The predicted molar refractivity (Wildman–Crippen MR) is 105 cm³/mol. The Balaban J connectivity index is 1.53. The number of nitro groups is 1. The molecule has 1 N–H and O–H groups in total. The summed E-state index contributed by atoms with van der Waals surface area (Å²) in [4.78, 5) is 51.1. The first-order valence-electron chi connectivity index (χ1n) is 9.25. The van der Waals surface area contributed by atoms with Gasteiger partial charge in [0.15, 0.2) is 0 Å². The Hall–Kier alpha value is -3.75. The molecular weight excluding hydrogens is 376 g/mol. The van der Waals surface area contributed by atoms with Gasteiger partial charge in [-0.25, -0.2) is 0 Å². The minimum atomic E-state index is -0.833. The third-order valence-electron chi connectivity index (χ3n) is 5.10. The number of hydrogen-bond donors (Lipinski definition) is 1. The number of anilines is 2. The van der Waals surface area contributed by atoms with Gasteiger partial charge in [-0.15, -0.1) is 0 Å². The first kappa shape index (κ1) is 18.6. The normalized spacial score (nSPS) is 15.6. The van der Waals surface area contributed by atoms with E-state index in [-0.39, 0.29) is 11.1 Å². The molecule has 0 saturated carbocycles. The van der Waals surface area contributed by atoms with Crippen LogP contribution in [0.15, 0.2) is 42.5 Å². The van der Waals surface area contributed by atoms with Crippen LogP contribution < -0.4 is 10.2 Å². The van der Waals surface area contributed by atoms with E-state index in [0.29, 0.717) is 5.69 Å². The Kier molecular flexibility index (Phi) is 4.71. The van der Waals surface area contributed by atoms with Gasteiger partial charge in [0.2, 0.25) is 5.91 Å². The van der Waals surface area contributed by atoms with Crippen LogP contribution in [0.5, 0.6) is 0 Å². The summed E-state index contributed by atoms with van der Waals surface area (Å²) in [5.41, 5.74) is 0.712. The summed E-state index contributed by atoms with van der Waals surface area (Å²) in [5, 5.41) is 13.9. The number of carbonyl (C=O) groups is 3. The SMILES string of the molecule is O=C(CN1C(=O)c2cccc([N+](=O)[O-])c2C1=O)Nc1ccccc1N1CCCC1. The van der Waals surface area contributed by atoms with Gasteiger partial charge in [-0.1, -0.05) is 18.2 Å². The van der Waals surface area contributed by atoms with E-state index >= 15 is 0 Å². The third-order valence-corrected chi connectivity index (χ3v) is 5.10. The zero-order valence-electron chi connectivity index (χ0n) is 15.5. The van der Waals surface area contributed by atoms with Gasteiger partial charge in [0.05, 0.1) is 21.9 Å². The van der Waals surface area contributed by atoms with Gasteiger partial charge in [-0.3, -0.25) is 29.4 Å². The molecule has 0 atom stereocenters. The molecule has 4 rings (SSSR count). The van der Waals surface area contributed by atoms with Gasteiger partial charge in [0, 0.05) is 19.2 Å². The summed E-state index contributed by atoms with van der Waals surface area (Å²) in [6.45, 7) is 1.28. The van der Waals surface area contributed by atoms with Gasteiger partial charge in [0.25, 0.3) is 17.5 Å². The fourth-order valence-electron chi connectivity index (χ4n) is 3.76. The van der Waals surface area contributed by atoms with Crippen LogP contribution in [0.25, 0.3) is 0 Å². The topological polar surface area (TPSA) is 113 Å². The maximum absolute atomic E-state index is 12.6. The molecule has 2 aliphatic rings. The zero-order valence-corrected chi connectivity index (χ0v) is 15.5. The van der Waals surface area contributed by atoms with Gasteiger partial charge in [-0.2, -0.15) is 0 Å². The van der Waals surface area contributed by atoms with Crippen molar-refractivity contribution in [3.63, 3.8) is 0 Å². The highest BCUT2D eigenvalue weighted by Gasteiger charge is 2.41. The maximum Gasteiger partial charge on any atom is 0.282 e. The molecule has 0 aromatic heterocycles. The van der Waals surface area contributed by atoms with E-state index in [2.05, 4.69) is 10.2 Å². The second-order valence-electron chi connectivity index (χ2n) is 6.91. The fourth-order valence-corrected chi connectivity index (χ4v) is 3.76. The molecule has 0 radical (unpaired) electrons. The summed E-state index contributed by atoms with van der Waals surface area (Å²) in [5.74, 6) is -2.09. The molecule has 9 nitrogen and oxygen atoms in total. The smallest absolute Gasteiger partial charge is 0.282 e. The second kappa shape index (κ2) is 7.34. The predicted octanol–water partition coefficient (Wildman–Crippen LogP) is 2.43. The number of nitro benzene ring substituents is 1. The molecule has 0 aliphatic carbocycles. The molecule has 0 unspecified atom stereocenters. The molecule has 1 fully saturated rings. The number of hydrogen-bond acceptors (Lipinski definition) is 6. The minimum Gasteiger partial charge on any atom is -0.370 e. The van der Waals surface area contributed by atoms with E-state index in [1.165, 1.54) is 18.2 Å². The van der Waals surface area contributed by atoms with Crippen molar-refractivity contribution in [2.45, 2.75) is 12.8 Å². The van der Waals surface area contributed by atoms with Crippen LogP contribution in [-0.4, -0.2) is 47.2 Å². The highest BCUT2D eigenvalue weighted by molar-refractivity contribution is 6.24. The van der Waals surface area contributed by atoms with Gasteiger partial charge in [-0.05, 0) is 31.0 Å². The highest BCUT2D eigenvalue weighted by atomic mass is 16.6. The van der Waals surface area contributed by atoms with Crippen LogP contribution in [0.1, 0.15) is 33.6 Å². The quantitative estimate of drug-likeness (QED) is 0.473. The Morgan fingerprint density at radius 3 is 2.48 bits per heavy atom. The zero-order chi connectivity index (χ0) is 20.5. The summed E-state index contributed by atoms with van der Waals surface area (Å²) in [6.07, 6.45) is 2.16. The van der Waals surface area contributed by atoms with E-state index in [1.54, 1.807) is 12.1 Å². The highest BCUT2D eigenvalue weighted by Crippen LogP contribution is 2.31. The summed E-state index contributed by atoms with van der Waals surface area (Å²) < 4.78 is 0. The molecule has 29 heavy (non-hydrogen) atoms. The number of imide groups is 1. The Labute approximate surface area is 166 Å². The van der Waals surface area contributed by atoms with E-state index in [4.69, 9.17) is 0 Å². The van der Waals surface area contributed by atoms with Crippen molar-refractivity contribution in [3.8, 4) is 0 Å². The van der Waals surface area contributed by atoms with Crippen LogP contribution in [0.4, 0.5) is 17.1 Å². The molecule has 2 aromatic carbocycles. The van der Waals surface area contributed by atoms with Crippen LogP contribution in [0.3, 0.4) is 0 Å². The maximum atomic E-state index is 12.6. The number of nitrogens with zero attached hydrogens (tertiary/aromatic N) is 3. The average Bonchev–Trinajstić information content (AvgIpc) is 3.32. The lowest BCUT2D eigenvalue weighted by atomic mass is 10.1. The lowest BCUT2D eigenvalue weighted by Crippen LogP contribution is -2.37. The molecule has 0 bridgehead atoms. The van der Waals surface area contributed by atoms with Crippen LogP contribution in [-0.2, 0) is 4.79 Å². The first-order valence-corrected chi connectivity index (χ1v) is 9.25. The lowest BCUT2D eigenvalue weighted by Gasteiger charge is -2.22. The van der Waals surface area contributed by atoms with Crippen LogP contribution in [0.2, 0.25) is 0 Å². The van der Waals surface area contributed by atoms with Gasteiger partial charge >= 0.3 is 0 Å². The molecular formula is C20H18N4O5. The van der Waals surface area contributed by atoms with Crippen molar-refractivity contribution in [1.82, 2.24) is 4.90 Å². The average molecular weight is 394 g/mol. The Bertz CT molecular complexity index is 1030. The monoisotopic (exact) mass is 394 g/mol. The minimum absolute atomic E-state index is 0.0607. The largest absolute Gasteiger partial charge is 0.370 e. The molecule has 2 aliphatic heterocycles. The van der Waals surface area contributed by atoms with Crippen LogP contribution in [0, 0.1) is 10.1 Å². The molecule has 3 amide bonds. The van der Waals surface area contributed by atoms with E-state index in [1.807, 2.05) is 12.1 Å². The van der Waals surface area contributed by atoms with Crippen LogP contribution >= 0.6 is 0 Å². The lowest BCUT2D eigenvalue weighted by molar-refractivity contribution is -0.385. The van der Waals surface area contributed by atoms with Crippen molar-refractivity contribution >= 4 is 34.8 Å². The van der Waals surface area contributed by atoms with E-state index < -0.39 is 34.9 Å². The number of nitrogens with one attached hydrogen (secondary N) is 1. The number of rotatable bonds is 5. The van der Waals surface area contributed by atoms with E-state index in [9.17, 15) is 24.5 Å². The third kappa shape index (κ3) is 3.31. The number of benzene rings is 2. The fraction of sp³-hybridized carbons (Fsp3) is 0.250. The van der Waals surface area contributed by atoms with Crippen molar-refractivity contribution in [2.75, 3.05) is 29.9 Å². The van der Waals surface area contributed by atoms with Crippen molar-refractivity contribution < 1.29 is 19.3 Å². The molecule has 9 heteroatoms. The first-order chi connectivity index (χ1) is 14.0. The summed E-state index contributed by atoms with van der Waals surface area (Å²) in [7, 11) is 0. The van der Waals surface area contributed by atoms with E-state index in [0.717, 1.165) is 36.5 Å². The van der Waals surface area contributed by atoms with Crippen molar-refractivity contribution in [1.29, 1.82) is 0 Å². The summed E-state index contributed by atoms with van der Waals surface area (Å²) in [6, 6.07) is 11.2. The Morgan fingerprint density at radius 2 is 1.76 bits per heavy atom. The summed E-state index contributed by atoms with van der Waals surface area (Å²) >= 11 is 0.